The highest BCUT2D eigenvalue weighted by atomic mass is 16.1. The number of hydrogen-bond donors (Lipinski definition) is 0. The maximum absolute atomic E-state index is 13.0. The molecule has 1 aromatic carbocycles. The standard InChI is InChI=1S/C23H30O/c1-3-4-5-9-14-19(18-12-7-6-8-13-18)22-20-15-10-11-16-23(20,2)17-21(22)24/h6-9,12-14,20H,3-5,10-11,15-17H2,1-2H3/b14-9+,22-19-. The van der Waals surface area contributed by atoms with Crippen molar-refractivity contribution < 1.29 is 4.79 Å². The van der Waals surface area contributed by atoms with Gasteiger partial charge in [-0.1, -0.05) is 82.0 Å². The Morgan fingerprint density at radius 3 is 2.79 bits per heavy atom. The Bertz CT molecular complexity index is 637. The predicted molar refractivity (Wildman–Crippen MR) is 102 cm³/mol. The van der Waals surface area contributed by atoms with Crippen LogP contribution in [0, 0.1) is 11.3 Å². The van der Waals surface area contributed by atoms with Crippen LogP contribution < -0.4 is 0 Å². The van der Waals surface area contributed by atoms with Crippen molar-refractivity contribution in [2.75, 3.05) is 0 Å². The highest BCUT2D eigenvalue weighted by molar-refractivity contribution is 6.07. The number of fused-ring (bicyclic) bond motifs is 1. The van der Waals surface area contributed by atoms with E-state index in [1.165, 1.54) is 49.7 Å². The van der Waals surface area contributed by atoms with Crippen LogP contribution in [0.3, 0.4) is 0 Å². The molecule has 1 aromatic rings. The highest BCUT2D eigenvalue weighted by Gasteiger charge is 2.48. The number of allylic oxidation sites excluding steroid dienone is 4. The summed E-state index contributed by atoms with van der Waals surface area (Å²) in [5.74, 6) is 0.841. The second-order valence-corrected chi connectivity index (χ2v) is 7.79. The molecule has 2 fully saturated rings. The van der Waals surface area contributed by atoms with E-state index < -0.39 is 0 Å². The van der Waals surface area contributed by atoms with E-state index in [9.17, 15) is 4.79 Å². The van der Waals surface area contributed by atoms with Gasteiger partial charge in [-0.25, -0.2) is 0 Å². The van der Waals surface area contributed by atoms with Crippen molar-refractivity contribution in [3.05, 3.63) is 53.6 Å². The molecule has 2 atom stereocenters. The smallest absolute Gasteiger partial charge is 0.160 e. The van der Waals surface area contributed by atoms with Gasteiger partial charge in [-0.15, -0.1) is 0 Å². The van der Waals surface area contributed by atoms with Crippen LogP contribution in [0.2, 0.25) is 0 Å². The molecule has 2 aliphatic rings. The maximum Gasteiger partial charge on any atom is 0.160 e. The molecule has 0 spiro atoms. The molecule has 1 heteroatoms. The Labute approximate surface area is 146 Å². The van der Waals surface area contributed by atoms with Crippen LogP contribution >= 0.6 is 0 Å². The van der Waals surface area contributed by atoms with E-state index in [-0.39, 0.29) is 5.41 Å². The number of rotatable bonds is 5. The van der Waals surface area contributed by atoms with Gasteiger partial charge in [-0.3, -0.25) is 4.79 Å². The molecule has 3 rings (SSSR count). The van der Waals surface area contributed by atoms with Crippen LogP contribution in [0.4, 0.5) is 0 Å². The average Bonchev–Trinajstić information content (AvgIpc) is 2.86. The van der Waals surface area contributed by atoms with Gasteiger partial charge in [0.05, 0.1) is 0 Å². The number of carbonyl (C=O) groups is 1. The van der Waals surface area contributed by atoms with Crippen LogP contribution in [0.1, 0.15) is 70.8 Å². The molecule has 0 aliphatic heterocycles. The summed E-state index contributed by atoms with van der Waals surface area (Å²) >= 11 is 0. The van der Waals surface area contributed by atoms with Gasteiger partial charge in [0.2, 0.25) is 0 Å². The van der Waals surface area contributed by atoms with Crippen LogP contribution in [-0.2, 0) is 4.79 Å². The molecule has 0 saturated heterocycles. The molecule has 0 heterocycles. The molecule has 0 amide bonds. The normalized spacial score (nSPS) is 29.1. The first-order valence-electron chi connectivity index (χ1n) is 9.65. The number of carbonyl (C=O) groups excluding carboxylic acids is 1. The monoisotopic (exact) mass is 322 g/mol. The summed E-state index contributed by atoms with van der Waals surface area (Å²) in [5.41, 5.74) is 3.70. The predicted octanol–water partition coefficient (Wildman–Crippen LogP) is 6.36. The van der Waals surface area contributed by atoms with Gasteiger partial charge in [0.15, 0.2) is 5.78 Å². The van der Waals surface area contributed by atoms with E-state index in [4.69, 9.17) is 0 Å². The second-order valence-electron chi connectivity index (χ2n) is 7.79. The van der Waals surface area contributed by atoms with Crippen molar-refractivity contribution in [1.29, 1.82) is 0 Å². The minimum Gasteiger partial charge on any atom is -0.294 e. The summed E-state index contributed by atoms with van der Waals surface area (Å²) in [4.78, 5) is 13.0. The molecule has 0 aromatic heterocycles. The lowest BCUT2D eigenvalue weighted by Crippen LogP contribution is -2.26. The molecule has 24 heavy (non-hydrogen) atoms. The SMILES string of the molecule is CCCC/C=C/C(=C1/C(=O)CC2(C)CCCCC12)c1ccccc1. The Balaban J connectivity index is 2.04. The van der Waals surface area contributed by atoms with E-state index in [1.807, 2.05) is 6.07 Å². The minimum atomic E-state index is 0.196. The quantitative estimate of drug-likeness (QED) is 0.455. The molecular weight excluding hydrogens is 292 g/mol. The third-order valence-electron chi connectivity index (χ3n) is 5.93. The lowest BCUT2D eigenvalue weighted by molar-refractivity contribution is -0.115. The molecule has 2 aliphatic carbocycles. The average molecular weight is 322 g/mol. The summed E-state index contributed by atoms with van der Waals surface area (Å²) in [6.07, 6.45) is 13.7. The van der Waals surface area contributed by atoms with E-state index in [2.05, 4.69) is 50.3 Å². The lowest BCUT2D eigenvalue weighted by Gasteiger charge is -2.36. The summed E-state index contributed by atoms with van der Waals surface area (Å²) in [6.45, 7) is 4.56. The van der Waals surface area contributed by atoms with Crippen molar-refractivity contribution in [3.8, 4) is 0 Å². The summed E-state index contributed by atoms with van der Waals surface area (Å²) in [5, 5.41) is 0. The molecular formula is C23H30O. The zero-order chi connectivity index (χ0) is 17.0. The van der Waals surface area contributed by atoms with Crippen LogP contribution in [0.15, 0.2) is 48.1 Å². The van der Waals surface area contributed by atoms with Gasteiger partial charge in [-0.05, 0) is 41.7 Å². The van der Waals surface area contributed by atoms with E-state index in [0.29, 0.717) is 11.7 Å². The molecule has 1 nitrogen and oxygen atoms in total. The molecule has 2 saturated carbocycles. The first-order chi connectivity index (χ1) is 11.7. The summed E-state index contributed by atoms with van der Waals surface area (Å²) < 4.78 is 0. The van der Waals surface area contributed by atoms with Gasteiger partial charge in [-0.2, -0.15) is 0 Å². The van der Waals surface area contributed by atoms with E-state index >= 15 is 0 Å². The first kappa shape index (κ1) is 17.2. The van der Waals surface area contributed by atoms with Gasteiger partial charge >= 0.3 is 0 Å². The Hall–Kier alpha value is -1.63. The van der Waals surface area contributed by atoms with Gasteiger partial charge in [0.1, 0.15) is 0 Å². The number of Topliss-reactive ketones (excluding diaryl/α,β-unsaturated/α-hetero) is 1. The van der Waals surface area contributed by atoms with Gasteiger partial charge < -0.3 is 0 Å². The maximum atomic E-state index is 13.0. The Morgan fingerprint density at radius 1 is 1.25 bits per heavy atom. The van der Waals surface area contributed by atoms with Crippen LogP contribution in [0.5, 0.6) is 0 Å². The van der Waals surface area contributed by atoms with E-state index in [0.717, 1.165) is 18.4 Å². The summed E-state index contributed by atoms with van der Waals surface area (Å²) in [7, 11) is 0. The molecule has 2 unspecified atom stereocenters. The minimum absolute atomic E-state index is 0.196. The summed E-state index contributed by atoms with van der Waals surface area (Å²) in [6, 6.07) is 10.5. The number of benzene rings is 1. The van der Waals surface area contributed by atoms with Crippen molar-refractivity contribution in [1.82, 2.24) is 0 Å². The van der Waals surface area contributed by atoms with E-state index in [1.54, 1.807) is 0 Å². The Kier molecular flexibility index (Phi) is 5.38. The van der Waals surface area contributed by atoms with Crippen molar-refractivity contribution in [2.45, 2.75) is 65.2 Å². The van der Waals surface area contributed by atoms with Crippen molar-refractivity contribution >= 4 is 11.4 Å². The Morgan fingerprint density at radius 2 is 2.04 bits per heavy atom. The third-order valence-corrected chi connectivity index (χ3v) is 5.93. The van der Waals surface area contributed by atoms with Gasteiger partial charge in [0, 0.05) is 12.0 Å². The van der Waals surface area contributed by atoms with Crippen molar-refractivity contribution in [3.63, 3.8) is 0 Å². The number of ketones is 1. The highest BCUT2D eigenvalue weighted by Crippen LogP contribution is 2.54. The third kappa shape index (κ3) is 3.41. The van der Waals surface area contributed by atoms with Crippen LogP contribution in [-0.4, -0.2) is 5.78 Å². The fraction of sp³-hybridized carbons (Fsp3) is 0.522. The zero-order valence-electron chi connectivity index (χ0n) is 15.2. The fourth-order valence-corrected chi connectivity index (χ4v) is 4.58. The van der Waals surface area contributed by atoms with Crippen LogP contribution in [0.25, 0.3) is 5.57 Å². The molecule has 0 radical (unpaired) electrons. The zero-order valence-corrected chi connectivity index (χ0v) is 15.2. The van der Waals surface area contributed by atoms with Gasteiger partial charge in [0.25, 0.3) is 0 Å². The molecule has 0 N–H and O–H groups in total. The second kappa shape index (κ2) is 7.51. The first-order valence-corrected chi connectivity index (χ1v) is 9.65. The molecule has 128 valence electrons. The largest absolute Gasteiger partial charge is 0.294 e. The number of hydrogen-bond acceptors (Lipinski definition) is 1. The number of unbranched alkanes of at least 4 members (excludes halogenated alkanes) is 2. The molecule has 0 bridgehead atoms. The van der Waals surface area contributed by atoms with Crippen molar-refractivity contribution in [2.24, 2.45) is 11.3 Å². The topological polar surface area (TPSA) is 17.1 Å². The fourth-order valence-electron chi connectivity index (χ4n) is 4.58. The lowest BCUT2D eigenvalue weighted by atomic mass is 9.68.